The number of nitrogens with zero attached hydrogens (tertiary/aromatic N) is 3. The molecule has 2 aromatic rings. The molecule has 1 heterocycles. The minimum absolute atomic E-state index is 0.0281. The molecule has 2 rings (SSSR count). The first-order chi connectivity index (χ1) is 9.90. The molecule has 1 N–H and O–H groups in total. The zero-order chi connectivity index (χ0) is 15.6. The summed E-state index contributed by atoms with van der Waals surface area (Å²) in [5, 5.41) is 13.3. The van der Waals surface area contributed by atoms with Gasteiger partial charge in [-0.15, -0.1) is 0 Å². The average molecular weight is 329 g/mol. The molecule has 21 heavy (non-hydrogen) atoms. The summed E-state index contributed by atoms with van der Waals surface area (Å²) in [6.07, 6.45) is 3.33. The fourth-order valence-electron chi connectivity index (χ4n) is 1.67. The zero-order valence-corrected chi connectivity index (χ0v) is 12.4. The second-order valence-electron chi connectivity index (χ2n) is 4.18. The number of benzene rings is 1. The van der Waals surface area contributed by atoms with Crippen LogP contribution in [0.5, 0.6) is 0 Å². The van der Waals surface area contributed by atoms with E-state index in [-0.39, 0.29) is 27.8 Å². The number of rotatable bonds is 4. The van der Waals surface area contributed by atoms with Crippen LogP contribution in [-0.4, -0.2) is 20.4 Å². The molecule has 1 amide bonds. The first kappa shape index (κ1) is 15.3. The maximum Gasteiger partial charge on any atom is 0.271 e. The van der Waals surface area contributed by atoms with Crippen LogP contribution < -0.4 is 5.32 Å². The lowest BCUT2D eigenvalue weighted by Crippen LogP contribution is -2.24. The number of halogens is 2. The summed E-state index contributed by atoms with van der Waals surface area (Å²) < 4.78 is 1.74. The van der Waals surface area contributed by atoms with Crippen LogP contribution in [0.15, 0.2) is 24.5 Å². The highest BCUT2D eigenvalue weighted by Gasteiger charge is 2.19. The van der Waals surface area contributed by atoms with E-state index in [0.717, 1.165) is 12.1 Å². The number of nitro benzene ring substituents is 1. The minimum Gasteiger partial charge on any atom is -0.345 e. The molecule has 0 saturated heterocycles. The molecule has 0 bridgehead atoms. The summed E-state index contributed by atoms with van der Waals surface area (Å²) in [5.74, 6) is 0.0737. The Hall–Kier alpha value is -2.12. The molecule has 0 aliphatic carbocycles. The van der Waals surface area contributed by atoms with Gasteiger partial charge in [0.1, 0.15) is 5.82 Å². The van der Waals surface area contributed by atoms with E-state index >= 15 is 0 Å². The summed E-state index contributed by atoms with van der Waals surface area (Å²) in [7, 11) is 1.78. The SMILES string of the molecule is Cn1ccnc1CNC(=O)c1cc([N+](=O)[O-])cc(Cl)c1Cl. The molecule has 0 aliphatic rings. The minimum atomic E-state index is -0.641. The van der Waals surface area contributed by atoms with Crippen LogP contribution in [0.3, 0.4) is 0 Å². The number of aryl methyl sites for hydroxylation is 1. The van der Waals surface area contributed by atoms with E-state index in [1.807, 2.05) is 0 Å². The van der Waals surface area contributed by atoms with Gasteiger partial charge in [0.05, 0.1) is 27.1 Å². The largest absolute Gasteiger partial charge is 0.345 e. The Morgan fingerprint density at radius 3 is 2.76 bits per heavy atom. The van der Waals surface area contributed by atoms with Crippen molar-refractivity contribution < 1.29 is 9.72 Å². The Morgan fingerprint density at radius 1 is 1.48 bits per heavy atom. The molecule has 0 fully saturated rings. The number of nitrogens with one attached hydrogen (secondary N) is 1. The van der Waals surface area contributed by atoms with Crippen LogP contribution in [0.2, 0.25) is 10.0 Å². The molecular formula is C12H10Cl2N4O3. The summed E-state index contributed by atoms with van der Waals surface area (Å²) in [5.41, 5.74) is -0.350. The van der Waals surface area contributed by atoms with Crippen molar-refractivity contribution >= 4 is 34.8 Å². The monoisotopic (exact) mass is 328 g/mol. The second kappa shape index (κ2) is 6.11. The van der Waals surface area contributed by atoms with E-state index in [2.05, 4.69) is 10.3 Å². The summed E-state index contributed by atoms with van der Waals surface area (Å²) in [6, 6.07) is 2.18. The van der Waals surface area contributed by atoms with Crippen molar-refractivity contribution in [1.82, 2.24) is 14.9 Å². The molecule has 0 saturated carbocycles. The van der Waals surface area contributed by atoms with Gasteiger partial charge in [0.25, 0.3) is 11.6 Å². The molecule has 0 unspecified atom stereocenters. The van der Waals surface area contributed by atoms with Gasteiger partial charge in [-0.25, -0.2) is 4.98 Å². The zero-order valence-electron chi connectivity index (χ0n) is 10.8. The van der Waals surface area contributed by atoms with E-state index in [9.17, 15) is 14.9 Å². The lowest BCUT2D eigenvalue weighted by atomic mass is 10.2. The third-order valence-electron chi connectivity index (χ3n) is 2.80. The summed E-state index contributed by atoms with van der Waals surface area (Å²) >= 11 is 11.7. The van der Waals surface area contributed by atoms with Gasteiger partial charge >= 0.3 is 0 Å². The maximum absolute atomic E-state index is 12.1. The number of amides is 1. The predicted octanol–water partition coefficient (Wildman–Crippen LogP) is 2.57. The molecule has 0 atom stereocenters. The molecule has 1 aromatic heterocycles. The van der Waals surface area contributed by atoms with E-state index in [4.69, 9.17) is 23.2 Å². The Labute approximate surface area is 129 Å². The highest BCUT2D eigenvalue weighted by Crippen LogP contribution is 2.30. The summed E-state index contributed by atoms with van der Waals surface area (Å²) in [6.45, 7) is 0.166. The number of hydrogen-bond donors (Lipinski definition) is 1. The highest BCUT2D eigenvalue weighted by molar-refractivity contribution is 6.44. The highest BCUT2D eigenvalue weighted by atomic mass is 35.5. The van der Waals surface area contributed by atoms with Crippen LogP contribution in [-0.2, 0) is 13.6 Å². The first-order valence-corrected chi connectivity index (χ1v) is 6.53. The van der Waals surface area contributed by atoms with Gasteiger partial charge in [-0.1, -0.05) is 23.2 Å². The van der Waals surface area contributed by atoms with Crippen molar-refractivity contribution in [3.63, 3.8) is 0 Å². The van der Waals surface area contributed by atoms with Crippen LogP contribution >= 0.6 is 23.2 Å². The standard InChI is InChI=1S/C12H10Cl2N4O3/c1-17-3-2-15-10(17)6-16-12(19)8-4-7(18(20)21)5-9(13)11(8)14/h2-5H,6H2,1H3,(H,16,19). The fraction of sp³-hybridized carbons (Fsp3) is 0.167. The van der Waals surface area contributed by atoms with Crippen molar-refractivity contribution in [3.05, 3.63) is 56.1 Å². The smallest absolute Gasteiger partial charge is 0.271 e. The van der Waals surface area contributed by atoms with Gasteiger partial charge in [-0.2, -0.15) is 0 Å². The molecule has 7 nitrogen and oxygen atoms in total. The number of aromatic nitrogens is 2. The normalized spacial score (nSPS) is 10.4. The quantitative estimate of drug-likeness (QED) is 0.689. The first-order valence-electron chi connectivity index (χ1n) is 5.78. The van der Waals surface area contributed by atoms with Crippen molar-refractivity contribution in [3.8, 4) is 0 Å². The third-order valence-corrected chi connectivity index (χ3v) is 3.60. The number of carbonyl (C=O) groups is 1. The summed E-state index contributed by atoms with van der Waals surface area (Å²) in [4.78, 5) is 26.3. The Morgan fingerprint density at radius 2 is 2.19 bits per heavy atom. The van der Waals surface area contributed by atoms with Crippen LogP contribution in [0.1, 0.15) is 16.2 Å². The van der Waals surface area contributed by atoms with E-state index in [1.54, 1.807) is 24.0 Å². The van der Waals surface area contributed by atoms with Gasteiger partial charge in [0, 0.05) is 31.6 Å². The lowest BCUT2D eigenvalue weighted by molar-refractivity contribution is -0.384. The van der Waals surface area contributed by atoms with Crippen molar-refractivity contribution in [2.75, 3.05) is 0 Å². The van der Waals surface area contributed by atoms with Crippen molar-refractivity contribution in [2.45, 2.75) is 6.54 Å². The molecule has 0 aliphatic heterocycles. The van der Waals surface area contributed by atoms with Gasteiger partial charge in [0.2, 0.25) is 0 Å². The van der Waals surface area contributed by atoms with E-state index in [0.29, 0.717) is 5.82 Å². The predicted molar refractivity (Wildman–Crippen MR) is 77.5 cm³/mol. The Kier molecular flexibility index (Phi) is 4.44. The number of non-ortho nitro benzene ring substituents is 1. The number of carbonyl (C=O) groups excluding carboxylic acids is 1. The topological polar surface area (TPSA) is 90.1 Å². The average Bonchev–Trinajstić information content (AvgIpc) is 2.84. The van der Waals surface area contributed by atoms with E-state index in [1.165, 1.54) is 0 Å². The molecular weight excluding hydrogens is 319 g/mol. The number of hydrogen-bond acceptors (Lipinski definition) is 4. The van der Waals surface area contributed by atoms with Gasteiger partial charge < -0.3 is 9.88 Å². The van der Waals surface area contributed by atoms with Crippen molar-refractivity contribution in [1.29, 1.82) is 0 Å². The van der Waals surface area contributed by atoms with Crippen LogP contribution in [0.4, 0.5) is 5.69 Å². The molecule has 0 spiro atoms. The lowest BCUT2D eigenvalue weighted by Gasteiger charge is -2.08. The molecule has 9 heteroatoms. The Balaban J connectivity index is 2.22. The van der Waals surface area contributed by atoms with Gasteiger partial charge in [0.15, 0.2) is 0 Å². The molecule has 110 valence electrons. The fourth-order valence-corrected chi connectivity index (χ4v) is 2.08. The number of imidazole rings is 1. The second-order valence-corrected chi connectivity index (χ2v) is 4.97. The van der Waals surface area contributed by atoms with Gasteiger partial charge in [-0.3, -0.25) is 14.9 Å². The third kappa shape index (κ3) is 3.32. The van der Waals surface area contributed by atoms with E-state index < -0.39 is 10.8 Å². The van der Waals surface area contributed by atoms with Crippen LogP contribution in [0, 0.1) is 10.1 Å². The Bertz CT molecular complexity index is 715. The molecule has 1 aromatic carbocycles. The molecule has 0 radical (unpaired) electrons. The van der Waals surface area contributed by atoms with Crippen molar-refractivity contribution in [2.24, 2.45) is 7.05 Å². The van der Waals surface area contributed by atoms with Crippen LogP contribution in [0.25, 0.3) is 0 Å². The maximum atomic E-state index is 12.1. The number of nitro groups is 1. The van der Waals surface area contributed by atoms with Gasteiger partial charge in [-0.05, 0) is 0 Å².